The number of aromatic nitrogens is 2. The van der Waals surface area contributed by atoms with Crippen LogP contribution in [0.4, 0.5) is 10.8 Å². The SMILES string of the molecule is Cc1ccc(Nc2nnc(SCC(=O)N(C)Cc3ccco3)s2)c(C)c1. The number of furan rings is 1. The Hall–Kier alpha value is -2.32. The number of amides is 1. The second-order valence-electron chi connectivity index (χ2n) is 5.93. The minimum absolute atomic E-state index is 0.0190. The maximum absolute atomic E-state index is 12.2. The Kier molecular flexibility index (Phi) is 5.95. The molecule has 26 heavy (non-hydrogen) atoms. The van der Waals surface area contributed by atoms with Gasteiger partial charge >= 0.3 is 0 Å². The normalized spacial score (nSPS) is 10.7. The number of hydrogen-bond donors (Lipinski definition) is 1. The number of nitrogens with one attached hydrogen (secondary N) is 1. The van der Waals surface area contributed by atoms with E-state index in [0.717, 1.165) is 26.5 Å². The molecule has 136 valence electrons. The quantitative estimate of drug-likeness (QED) is 0.610. The fourth-order valence-electron chi connectivity index (χ4n) is 2.35. The second-order valence-corrected chi connectivity index (χ2v) is 8.13. The summed E-state index contributed by atoms with van der Waals surface area (Å²) in [6, 6.07) is 9.87. The standard InChI is InChI=1S/C18H20N4O2S2/c1-12-6-7-15(13(2)9-12)19-17-20-21-18(26-17)25-11-16(23)22(3)10-14-5-4-8-24-14/h4-9H,10-11H2,1-3H3,(H,19,20). The number of benzene rings is 1. The fourth-order valence-corrected chi connectivity index (χ4v) is 4.05. The lowest BCUT2D eigenvalue weighted by atomic mass is 10.1. The Bertz CT molecular complexity index is 877. The molecule has 3 rings (SSSR count). The van der Waals surface area contributed by atoms with Crippen molar-refractivity contribution in [1.29, 1.82) is 0 Å². The van der Waals surface area contributed by atoms with E-state index in [2.05, 4.69) is 41.5 Å². The maximum atomic E-state index is 12.2. The molecule has 1 aromatic carbocycles. The monoisotopic (exact) mass is 388 g/mol. The van der Waals surface area contributed by atoms with Crippen LogP contribution in [0.25, 0.3) is 0 Å². The second kappa shape index (κ2) is 8.37. The smallest absolute Gasteiger partial charge is 0.233 e. The minimum atomic E-state index is 0.0190. The van der Waals surface area contributed by atoms with E-state index >= 15 is 0 Å². The van der Waals surface area contributed by atoms with Crippen LogP contribution in [0.1, 0.15) is 16.9 Å². The molecule has 0 atom stereocenters. The first kappa shape index (κ1) is 18.5. The zero-order valence-corrected chi connectivity index (χ0v) is 16.5. The highest BCUT2D eigenvalue weighted by Gasteiger charge is 2.13. The van der Waals surface area contributed by atoms with E-state index < -0.39 is 0 Å². The summed E-state index contributed by atoms with van der Waals surface area (Å²) in [7, 11) is 1.76. The van der Waals surface area contributed by atoms with Crippen molar-refractivity contribution < 1.29 is 9.21 Å². The molecule has 2 heterocycles. The van der Waals surface area contributed by atoms with E-state index in [4.69, 9.17) is 4.42 Å². The molecule has 0 spiro atoms. The van der Waals surface area contributed by atoms with E-state index in [-0.39, 0.29) is 5.91 Å². The molecule has 0 saturated heterocycles. The number of anilines is 2. The highest BCUT2D eigenvalue weighted by molar-refractivity contribution is 8.01. The third-order valence-electron chi connectivity index (χ3n) is 3.75. The van der Waals surface area contributed by atoms with Gasteiger partial charge in [-0.1, -0.05) is 40.8 Å². The number of thioether (sulfide) groups is 1. The first-order valence-corrected chi connectivity index (χ1v) is 9.88. The van der Waals surface area contributed by atoms with Crippen molar-refractivity contribution in [2.45, 2.75) is 24.7 Å². The maximum Gasteiger partial charge on any atom is 0.233 e. The largest absolute Gasteiger partial charge is 0.467 e. The number of rotatable bonds is 7. The van der Waals surface area contributed by atoms with E-state index in [1.165, 1.54) is 28.7 Å². The van der Waals surface area contributed by atoms with Gasteiger partial charge in [0.05, 0.1) is 18.6 Å². The lowest BCUT2D eigenvalue weighted by molar-refractivity contribution is -0.127. The molecule has 0 radical (unpaired) electrons. The molecule has 0 aliphatic carbocycles. The summed E-state index contributed by atoms with van der Waals surface area (Å²) in [4.78, 5) is 13.9. The summed E-state index contributed by atoms with van der Waals surface area (Å²) in [5, 5.41) is 12.3. The van der Waals surface area contributed by atoms with Crippen molar-refractivity contribution in [3.05, 3.63) is 53.5 Å². The van der Waals surface area contributed by atoms with Gasteiger partial charge in [0, 0.05) is 12.7 Å². The lowest BCUT2D eigenvalue weighted by Gasteiger charge is -2.14. The molecule has 0 fully saturated rings. The Balaban J connectivity index is 1.52. The van der Waals surface area contributed by atoms with Crippen molar-refractivity contribution in [2.75, 3.05) is 18.1 Å². The van der Waals surface area contributed by atoms with E-state index in [1.54, 1.807) is 18.2 Å². The Labute approximate surface area is 160 Å². The lowest BCUT2D eigenvalue weighted by Crippen LogP contribution is -2.27. The average molecular weight is 389 g/mol. The molecule has 1 amide bonds. The van der Waals surface area contributed by atoms with Crippen LogP contribution in [-0.4, -0.2) is 33.8 Å². The molecule has 0 unspecified atom stereocenters. The molecule has 0 aliphatic rings. The number of hydrogen-bond acceptors (Lipinski definition) is 7. The van der Waals surface area contributed by atoms with Crippen LogP contribution in [0, 0.1) is 13.8 Å². The van der Waals surface area contributed by atoms with Crippen LogP contribution < -0.4 is 5.32 Å². The predicted octanol–water partition coefficient (Wildman–Crippen LogP) is 4.24. The van der Waals surface area contributed by atoms with Crippen molar-refractivity contribution in [3.63, 3.8) is 0 Å². The van der Waals surface area contributed by atoms with Gasteiger partial charge in [0.2, 0.25) is 11.0 Å². The van der Waals surface area contributed by atoms with Gasteiger partial charge in [-0.2, -0.15) is 0 Å². The van der Waals surface area contributed by atoms with Gasteiger partial charge in [0.25, 0.3) is 0 Å². The number of carbonyl (C=O) groups is 1. The van der Waals surface area contributed by atoms with Crippen LogP contribution in [0.3, 0.4) is 0 Å². The third-order valence-corrected chi connectivity index (χ3v) is 5.70. The summed E-state index contributed by atoms with van der Waals surface area (Å²) in [5.74, 6) is 1.10. The van der Waals surface area contributed by atoms with E-state index in [9.17, 15) is 4.79 Å². The molecule has 0 aliphatic heterocycles. The molecule has 6 nitrogen and oxygen atoms in total. The summed E-state index contributed by atoms with van der Waals surface area (Å²) < 4.78 is 6.03. The van der Waals surface area contributed by atoms with Crippen molar-refractivity contribution in [3.8, 4) is 0 Å². The molecule has 3 aromatic rings. The van der Waals surface area contributed by atoms with E-state index in [0.29, 0.717) is 12.3 Å². The first-order chi connectivity index (χ1) is 12.5. The number of aryl methyl sites for hydroxylation is 2. The van der Waals surface area contributed by atoms with Crippen LogP contribution in [0.15, 0.2) is 45.4 Å². The zero-order chi connectivity index (χ0) is 18.5. The molecule has 0 saturated carbocycles. The Morgan fingerprint density at radius 1 is 1.31 bits per heavy atom. The highest BCUT2D eigenvalue weighted by Crippen LogP contribution is 2.29. The van der Waals surface area contributed by atoms with Crippen molar-refractivity contribution in [2.24, 2.45) is 0 Å². The van der Waals surface area contributed by atoms with Gasteiger partial charge in [-0.05, 0) is 37.6 Å². The van der Waals surface area contributed by atoms with E-state index in [1.807, 2.05) is 18.2 Å². The van der Waals surface area contributed by atoms with Gasteiger partial charge in [-0.25, -0.2) is 0 Å². The Morgan fingerprint density at radius 2 is 2.15 bits per heavy atom. The third kappa shape index (κ3) is 4.86. The van der Waals surface area contributed by atoms with Crippen LogP contribution in [-0.2, 0) is 11.3 Å². The summed E-state index contributed by atoms with van der Waals surface area (Å²) in [6.07, 6.45) is 1.61. The Morgan fingerprint density at radius 3 is 2.88 bits per heavy atom. The predicted molar refractivity (Wildman–Crippen MR) is 105 cm³/mol. The van der Waals surface area contributed by atoms with Crippen molar-refractivity contribution in [1.82, 2.24) is 15.1 Å². The summed E-state index contributed by atoms with van der Waals surface area (Å²) in [5.41, 5.74) is 3.39. The highest BCUT2D eigenvalue weighted by atomic mass is 32.2. The van der Waals surface area contributed by atoms with Crippen molar-refractivity contribution >= 4 is 39.8 Å². The zero-order valence-electron chi connectivity index (χ0n) is 14.9. The minimum Gasteiger partial charge on any atom is -0.467 e. The first-order valence-electron chi connectivity index (χ1n) is 8.08. The number of carbonyl (C=O) groups excluding carboxylic acids is 1. The van der Waals surface area contributed by atoms with Gasteiger partial charge in [0.1, 0.15) is 5.76 Å². The topological polar surface area (TPSA) is 71.3 Å². The van der Waals surface area contributed by atoms with Gasteiger partial charge < -0.3 is 14.6 Å². The molecular weight excluding hydrogens is 368 g/mol. The number of nitrogens with zero attached hydrogens (tertiary/aromatic N) is 3. The molecule has 0 bridgehead atoms. The summed E-state index contributed by atoms with van der Waals surface area (Å²) in [6.45, 7) is 4.58. The average Bonchev–Trinajstić information content (AvgIpc) is 3.27. The molecule has 8 heteroatoms. The van der Waals surface area contributed by atoms with Crippen LogP contribution >= 0.6 is 23.1 Å². The summed E-state index contributed by atoms with van der Waals surface area (Å²) >= 11 is 2.83. The van der Waals surface area contributed by atoms with Gasteiger partial charge in [-0.15, -0.1) is 10.2 Å². The molecular formula is C18H20N4O2S2. The van der Waals surface area contributed by atoms with Gasteiger partial charge in [0.15, 0.2) is 4.34 Å². The van der Waals surface area contributed by atoms with Crippen LogP contribution in [0.2, 0.25) is 0 Å². The fraction of sp³-hybridized carbons (Fsp3) is 0.278. The molecule has 2 aromatic heterocycles. The van der Waals surface area contributed by atoms with Crippen LogP contribution in [0.5, 0.6) is 0 Å². The van der Waals surface area contributed by atoms with Gasteiger partial charge in [-0.3, -0.25) is 4.79 Å². The molecule has 1 N–H and O–H groups in total.